The van der Waals surface area contributed by atoms with Crippen LogP contribution in [0.4, 0.5) is 4.79 Å². The van der Waals surface area contributed by atoms with Crippen molar-refractivity contribution >= 4 is 12.0 Å². The lowest BCUT2D eigenvalue weighted by Crippen LogP contribution is -2.48. The monoisotopic (exact) mass is 284 g/mol. The quantitative estimate of drug-likeness (QED) is 0.701. The summed E-state index contributed by atoms with van der Waals surface area (Å²) >= 11 is 0. The number of rotatable bonds is 6. The molecule has 0 unspecified atom stereocenters. The van der Waals surface area contributed by atoms with Gasteiger partial charge in [0.1, 0.15) is 0 Å². The van der Waals surface area contributed by atoms with E-state index in [9.17, 15) is 14.7 Å². The average Bonchev–Trinajstić information content (AvgIpc) is 2.43. The summed E-state index contributed by atoms with van der Waals surface area (Å²) in [5.41, 5.74) is -0.849. The van der Waals surface area contributed by atoms with Gasteiger partial charge in [0.25, 0.3) is 0 Å². The SMILES string of the molecule is CCC(CC)(CNC(=O)NC1CCC(C)CC1)C(=O)O. The van der Waals surface area contributed by atoms with Gasteiger partial charge in [-0.1, -0.05) is 20.8 Å². The third-order valence-electron chi connectivity index (χ3n) is 4.75. The third-order valence-corrected chi connectivity index (χ3v) is 4.75. The third kappa shape index (κ3) is 4.39. The van der Waals surface area contributed by atoms with Crippen LogP contribution >= 0.6 is 0 Å². The average molecular weight is 284 g/mol. The summed E-state index contributed by atoms with van der Waals surface area (Å²) < 4.78 is 0. The molecule has 0 atom stereocenters. The molecule has 0 aromatic rings. The van der Waals surface area contributed by atoms with Crippen LogP contribution in [-0.2, 0) is 4.79 Å². The van der Waals surface area contributed by atoms with Crippen LogP contribution in [0.3, 0.4) is 0 Å². The molecule has 1 rings (SSSR count). The highest BCUT2D eigenvalue weighted by atomic mass is 16.4. The van der Waals surface area contributed by atoms with Crippen LogP contribution < -0.4 is 10.6 Å². The van der Waals surface area contributed by atoms with Crippen LogP contribution in [-0.4, -0.2) is 29.7 Å². The molecule has 0 aromatic heterocycles. The highest BCUT2D eigenvalue weighted by molar-refractivity contribution is 5.78. The maximum atomic E-state index is 11.9. The predicted octanol–water partition coefficient (Wildman–Crippen LogP) is 2.76. The topological polar surface area (TPSA) is 78.4 Å². The zero-order valence-electron chi connectivity index (χ0n) is 12.9. The van der Waals surface area contributed by atoms with Gasteiger partial charge in [-0.05, 0) is 44.4 Å². The molecule has 2 amide bonds. The van der Waals surface area contributed by atoms with Crippen LogP contribution in [0.5, 0.6) is 0 Å². The zero-order chi connectivity index (χ0) is 15.2. The van der Waals surface area contributed by atoms with E-state index in [1.165, 1.54) is 0 Å². The summed E-state index contributed by atoms with van der Waals surface area (Å²) in [6.45, 7) is 6.11. The van der Waals surface area contributed by atoms with Gasteiger partial charge in [-0.25, -0.2) is 4.79 Å². The van der Waals surface area contributed by atoms with E-state index >= 15 is 0 Å². The number of aliphatic carboxylic acids is 1. The Morgan fingerprint density at radius 1 is 1.15 bits per heavy atom. The fourth-order valence-electron chi connectivity index (χ4n) is 2.77. The second-order valence-electron chi connectivity index (χ2n) is 6.08. The Labute approximate surface area is 121 Å². The summed E-state index contributed by atoms with van der Waals surface area (Å²) in [5, 5.41) is 15.0. The number of amides is 2. The van der Waals surface area contributed by atoms with E-state index in [0.717, 1.165) is 31.6 Å². The normalized spacial score (nSPS) is 23.1. The number of urea groups is 1. The number of carbonyl (C=O) groups is 2. The van der Waals surface area contributed by atoms with Gasteiger partial charge in [-0.3, -0.25) is 4.79 Å². The Morgan fingerprint density at radius 2 is 1.70 bits per heavy atom. The smallest absolute Gasteiger partial charge is 0.315 e. The fourth-order valence-corrected chi connectivity index (χ4v) is 2.77. The lowest BCUT2D eigenvalue weighted by molar-refractivity contribution is -0.149. The minimum atomic E-state index is -0.849. The first-order valence-electron chi connectivity index (χ1n) is 7.71. The van der Waals surface area contributed by atoms with E-state index in [1.54, 1.807) is 0 Å². The van der Waals surface area contributed by atoms with Crippen molar-refractivity contribution in [3.8, 4) is 0 Å². The Morgan fingerprint density at radius 3 is 2.15 bits per heavy atom. The van der Waals surface area contributed by atoms with Crippen molar-refractivity contribution < 1.29 is 14.7 Å². The largest absolute Gasteiger partial charge is 0.481 e. The minimum absolute atomic E-state index is 0.185. The van der Waals surface area contributed by atoms with E-state index in [2.05, 4.69) is 17.6 Å². The summed E-state index contributed by atoms with van der Waals surface area (Å²) in [4.78, 5) is 23.2. The highest BCUT2D eigenvalue weighted by Gasteiger charge is 2.35. The van der Waals surface area contributed by atoms with Gasteiger partial charge in [0.05, 0.1) is 5.41 Å². The molecule has 3 N–H and O–H groups in total. The number of nitrogens with one attached hydrogen (secondary N) is 2. The Kier molecular flexibility index (Phi) is 6.30. The molecule has 1 aliphatic rings. The molecule has 1 aliphatic carbocycles. The molecule has 0 aliphatic heterocycles. The Hall–Kier alpha value is -1.26. The molecule has 0 radical (unpaired) electrons. The van der Waals surface area contributed by atoms with Gasteiger partial charge in [0.15, 0.2) is 0 Å². The van der Waals surface area contributed by atoms with Crippen LogP contribution in [0.15, 0.2) is 0 Å². The maximum Gasteiger partial charge on any atom is 0.315 e. The van der Waals surface area contributed by atoms with Gasteiger partial charge in [-0.15, -0.1) is 0 Å². The second kappa shape index (κ2) is 7.50. The van der Waals surface area contributed by atoms with Crippen molar-refractivity contribution in [1.29, 1.82) is 0 Å². The van der Waals surface area contributed by atoms with Gasteiger partial charge >= 0.3 is 12.0 Å². The van der Waals surface area contributed by atoms with Crippen molar-refractivity contribution in [2.75, 3.05) is 6.54 Å². The molecule has 5 heteroatoms. The molecule has 0 spiro atoms. The first kappa shape index (κ1) is 16.8. The molecule has 0 bridgehead atoms. The second-order valence-corrected chi connectivity index (χ2v) is 6.08. The Bertz CT molecular complexity index is 332. The minimum Gasteiger partial charge on any atom is -0.481 e. The summed E-state index contributed by atoms with van der Waals surface area (Å²) in [5.74, 6) is -0.0924. The van der Waals surface area contributed by atoms with Crippen LogP contribution in [0.25, 0.3) is 0 Å². The fraction of sp³-hybridized carbons (Fsp3) is 0.867. The van der Waals surface area contributed by atoms with Crippen LogP contribution in [0.2, 0.25) is 0 Å². The van der Waals surface area contributed by atoms with E-state index in [-0.39, 0.29) is 18.6 Å². The van der Waals surface area contributed by atoms with Crippen molar-refractivity contribution in [3.05, 3.63) is 0 Å². The number of hydrogen-bond acceptors (Lipinski definition) is 2. The molecular weight excluding hydrogens is 256 g/mol. The van der Waals surface area contributed by atoms with Gasteiger partial charge in [-0.2, -0.15) is 0 Å². The standard InChI is InChI=1S/C15H28N2O3/c1-4-15(5-2,13(18)19)10-16-14(20)17-12-8-6-11(3)7-9-12/h11-12H,4-10H2,1-3H3,(H,18,19)(H2,16,17,20). The summed E-state index contributed by atoms with van der Waals surface area (Å²) in [7, 11) is 0. The Balaban J connectivity index is 2.40. The molecule has 1 saturated carbocycles. The van der Waals surface area contributed by atoms with E-state index in [1.807, 2.05) is 13.8 Å². The van der Waals surface area contributed by atoms with Crippen molar-refractivity contribution in [3.63, 3.8) is 0 Å². The first-order valence-corrected chi connectivity index (χ1v) is 7.71. The van der Waals surface area contributed by atoms with Gasteiger partial charge < -0.3 is 15.7 Å². The molecule has 20 heavy (non-hydrogen) atoms. The maximum absolute atomic E-state index is 11.9. The predicted molar refractivity (Wildman–Crippen MR) is 78.6 cm³/mol. The van der Waals surface area contributed by atoms with Gasteiger partial charge in [0.2, 0.25) is 0 Å². The molecule has 0 saturated heterocycles. The van der Waals surface area contributed by atoms with Crippen LogP contribution in [0, 0.1) is 11.3 Å². The van der Waals surface area contributed by atoms with Crippen molar-refractivity contribution in [1.82, 2.24) is 10.6 Å². The number of carboxylic acid groups (broad SMARTS) is 1. The number of hydrogen-bond donors (Lipinski definition) is 3. The molecule has 5 nitrogen and oxygen atoms in total. The molecular formula is C15H28N2O3. The zero-order valence-corrected chi connectivity index (χ0v) is 12.9. The lowest BCUT2D eigenvalue weighted by atomic mass is 9.82. The van der Waals surface area contributed by atoms with E-state index in [4.69, 9.17) is 0 Å². The molecule has 0 heterocycles. The van der Waals surface area contributed by atoms with Gasteiger partial charge in [0, 0.05) is 12.6 Å². The first-order chi connectivity index (χ1) is 9.43. The van der Waals surface area contributed by atoms with E-state index < -0.39 is 11.4 Å². The molecule has 1 fully saturated rings. The van der Waals surface area contributed by atoms with E-state index in [0.29, 0.717) is 12.8 Å². The number of carboxylic acids is 1. The van der Waals surface area contributed by atoms with Crippen molar-refractivity contribution in [2.45, 2.75) is 65.3 Å². The lowest BCUT2D eigenvalue weighted by Gasteiger charge is -2.29. The summed E-state index contributed by atoms with van der Waals surface area (Å²) in [6.07, 6.45) is 5.35. The molecule has 116 valence electrons. The number of carbonyl (C=O) groups excluding carboxylic acids is 1. The van der Waals surface area contributed by atoms with Crippen LogP contribution in [0.1, 0.15) is 59.3 Å². The summed E-state index contributed by atoms with van der Waals surface area (Å²) in [6, 6.07) is -0.00856. The van der Waals surface area contributed by atoms with Crippen molar-refractivity contribution in [2.24, 2.45) is 11.3 Å². The highest BCUT2D eigenvalue weighted by Crippen LogP contribution is 2.26. The molecule has 0 aromatic carbocycles.